The van der Waals surface area contributed by atoms with E-state index in [2.05, 4.69) is 17.0 Å². The van der Waals surface area contributed by atoms with Gasteiger partial charge >= 0.3 is 0 Å². The zero-order chi connectivity index (χ0) is 16.2. The smallest absolute Gasteiger partial charge is 0.254 e. The Bertz CT molecular complexity index is 639. The molecule has 2 unspecified atom stereocenters. The lowest BCUT2D eigenvalue weighted by molar-refractivity contribution is -0.140. The highest BCUT2D eigenvalue weighted by atomic mass is 16.3. The van der Waals surface area contributed by atoms with E-state index in [1.807, 2.05) is 19.1 Å². The van der Waals surface area contributed by atoms with Gasteiger partial charge in [0.05, 0.1) is 17.7 Å². The predicted molar refractivity (Wildman–Crippen MR) is 87.6 cm³/mol. The highest BCUT2D eigenvalue weighted by Gasteiger charge is 2.57. The number of hydrogen-bond donors (Lipinski definition) is 2. The Morgan fingerprint density at radius 1 is 1.48 bits per heavy atom. The number of hydrogen-bond acceptors (Lipinski definition) is 3. The van der Waals surface area contributed by atoms with Gasteiger partial charge in [-0.05, 0) is 63.0 Å². The van der Waals surface area contributed by atoms with Crippen molar-refractivity contribution in [3.63, 3.8) is 0 Å². The van der Waals surface area contributed by atoms with E-state index in [1.54, 1.807) is 6.20 Å². The van der Waals surface area contributed by atoms with Crippen molar-refractivity contribution in [1.29, 1.82) is 0 Å². The summed E-state index contributed by atoms with van der Waals surface area (Å²) >= 11 is 0. The molecule has 0 aromatic carbocycles. The van der Waals surface area contributed by atoms with Crippen LogP contribution in [0.1, 0.15) is 51.3 Å². The molecule has 1 aromatic rings. The number of aromatic nitrogens is 1. The second-order valence-electron chi connectivity index (χ2n) is 7.70. The first-order valence-corrected chi connectivity index (χ1v) is 8.69. The summed E-state index contributed by atoms with van der Waals surface area (Å²) in [5.74, 6) is 1.97. The zero-order valence-electron chi connectivity index (χ0n) is 13.8. The van der Waals surface area contributed by atoms with Gasteiger partial charge in [0.25, 0.3) is 5.91 Å². The summed E-state index contributed by atoms with van der Waals surface area (Å²) in [7, 11) is 0. The maximum absolute atomic E-state index is 13.1. The fourth-order valence-electron chi connectivity index (χ4n) is 5.07. The van der Waals surface area contributed by atoms with Gasteiger partial charge in [0, 0.05) is 11.9 Å². The molecular formula is C18H25N3O2. The quantitative estimate of drug-likeness (QED) is 0.897. The third-order valence-electron chi connectivity index (χ3n) is 6.51. The molecule has 0 radical (unpaired) electrons. The van der Waals surface area contributed by atoms with Crippen molar-refractivity contribution >= 4 is 11.6 Å². The van der Waals surface area contributed by atoms with E-state index in [-0.39, 0.29) is 12.5 Å². The maximum atomic E-state index is 13.1. The van der Waals surface area contributed by atoms with Gasteiger partial charge in [0.2, 0.25) is 0 Å². The van der Waals surface area contributed by atoms with Crippen LogP contribution in [0.15, 0.2) is 23.4 Å². The van der Waals surface area contributed by atoms with Crippen molar-refractivity contribution in [3.05, 3.63) is 24.0 Å². The first-order chi connectivity index (χ1) is 11.0. The highest BCUT2D eigenvalue weighted by Crippen LogP contribution is 2.56. The van der Waals surface area contributed by atoms with Gasteiger partial charge < -0.3 is 10.1 Å². The summed E-state index contributed by atoms with van der Waals surface area (Å²) in [6.45, 7) is 4.26. The molecule has 2 bridgehead atoms. The molecule has 4 rings (SSSR count). The Kier molecular flexibility index (Phi) is 3.38. The van der Waals surface area contributed by atoms with Gasteiger partial charge in [0.1, 0.15) is 6.10 Å². The standard InChI is InChI=1S/C18H25N3O2/c1-11-18(2,14-9-12-5-6-13(14)8-12)17(23)21(20-11)10-16(22)15-4-3-7-19-15/h3-4,7,12-14,16,19,22H,5-6,8-10H2,1-2H3/t12-,13+,14-,16?,18?/m0/s1. The third kappa shape index (κ3) is 2.17. The molecular weight excluding hydrogens is 290 g/mol. The van der Waals surface area contributed by atoms with Crippen molar-refractivity contribution in [2.24, 2.45) is 28.3 Å². The summed E-state index contributed by atoms with van der Waals surface area (Å²) in [5, 5.41) is 16.3. The SMILES string of the molecule is CC1=NN(CC(O)c2ccc[nH]2)C(=O)C1(C)[C@H]1C[C@H]2CC[C@@H]1C2. The second kappa shape index (κ2) is 5.20. The number of fused-ring (bicyclic) bond motifs is 2. The third-order valence-corrected chi connectivity index (χ3v) is 6.51. The molecule has 0 saturated heterocycles. The first-order valence-electron chi connectivity index (χ1n) is 8.69. The minimum atomic E-state index is -0.729. The maximum Gasteiger partial charge on any atom is 0.254 e. The second-order valence-corrected chi connectivity index (χ2v) is 7.70. The summed E-state index contributed by atoms with van der Waals surface area (Å²) in [5.41, 5.74) is 1.16. The Balaban J connectivity index is 1.53. The normalized spacial score (nSPS) is 37.5. The van der Waals surface area contributed by atoms with Crippen LogP contribution in [0.2, 0.25) is 0 Å². The summed E-state index contributed by atoms with van der Waals surface area (Å²) in [4.78, 5) is 16.1. The molecule has 2 saturated carbocycles. The predicted octanol–water partition coefficient (Wildman–Crippen LogP) is 2.71. The van der Waals surface area contributed by atoms with Crippen LogP contribution < -0.4 is 0 Å². The average molecular weight is 315 g/mol. The topological polar surface area (TPSA) is 68.7 Å². The van der Waals surface area contributed by atoms with Gasteiger partial charge in [-0.15, -0.1) is 0 Å². The van der Waals surface area contributed by atoms with Crippen LogP contribution in [0.4, 0.5) is 0 Å². The lowest BCUT2D eigenvalue weighted by Gasteiger charge is -2.36. The molecule has 2 heterocycles. The minimum absolute atomic E-state index is 0.0677. The van der Waals surface area contributed by atoms with E-state index < -0.39 is 11.5 Å². The van der Waals surface area contributed by atoms with Crippen LogP contribution in [-0.2, 0) is 4.79 Å². The molecule has 23 heavy (non-hydrogen) atoms. The molecule has 124 valence electrons. The number of nitrogens with one attached hydrogen (secondary N) is 1. The van der Waals surface area contributed by atoms with Crippen LogP contribution in [0.25, 0.3) is 0 Å². The number of aliphatic hydroxyl groups is 1. The van der Waals surface area contributed by atoms with Crippen LogP contribution in [-0.4, -0.2) is 33.3 Å². The highest BCUT2D eigenvalue weighted by molar-refractivity contribution is 6.11. The van der Waals surface area contributed by atoms with Crippen LogP contribution in [0.3, 0.4) is 0 Å². The van der Waals surface area contributed by atoms with Crippen LogP contribution in [0, 0.1) is 23.2 Å². The molecule has 3 aliphatic rings. The van der Waals surface area contributed by atoms with Crippen molar-refractivity contribution in [3.8, 4) is 0 Å². The van der Waals surface area contributed by atoms with Crippen LogP contribution >= 0.6 is 0 Å². The lowest BCUT2D eigenvalue weighted by Crippen LogP contribution is -2.45. The van der Waals surface area contributed by atoms with E-state index in [9.17, 15) is 9.90 Å². The fraction of sp³-hybridized carbons (Fsp3) is 0.667. The van der Waals surface area contributed by atoms with E-state index in [4.69, 9.17) is 0 Å². The Labute approximate surface area is 136 Å². The fourth-order valence-corrected chi connectivity index (χ4v) is 5.07. The van der Waals surface area contributed by atoms with E-state index in [0.717, 1.165) is 23.7 Å². The van der Waals surface area contributed by atoms with E-state index in [0.29, 0.717) is 11.8 Å². The molecule has 5 atom stereocenters. The number of H-pyrrole nitrogens is 1. The summed E-state index contributed by atoms with van der Waals surface area (Å²) < 4.78 is 0. The Morgan fingerprint density at radius 3 is 2.91 bits per heavy atom. The molecule has 2 fully saturated rings. The minimum Gasteiger partial charge on any atom is -0.385 e. The number of β-amino-alcohol motifs (C(OH)–C–C–N with tert-alkyl or cyclic N) is 1. The molecule has 0 spiro atoms. The van der Waals surface area contributed by atoms with Gasteiger partial charge in [-0.25, -0.2) is 5.01 Å². The molecule has 5 nitrogen and oxygen atoms in total. The van der Waals surface area contributed by atoms with Crippen LogP contribution in [0.5, 0.6) is 0 Å². The molecule has 1 amide bonds. The largest absolute Gasteiger partial charge is 0.385 e. The van der Waals surface area contributed by atoms with E-state index >= 15 is 0 Å². The Hall–Kier alpha value is -1.62. The first kappa shape index (κ1) is 14.9. The van der Waals surface area contributed by atoms with Crippen molar-refractivity contribution in [2.45, 2.75) is 45.6 Å². The summed E-state index contributed by atoms with van der Waals surface area (Å²) in [6.07, 6.45) is 6.08. The monoisotopic (exact) mass is 315 g/mol. The Morgan fingerprint density at radius 2 is 2.30 bits per heavy atom. The van der Waals surface area contributed by atoms with Gasteiger partial charge in [-0.3, -0.25) is 4.79 Å². The molecule has 2 aliphatic carbocycles. The zero-order valence-corrected chi connectivity index (χ0v) is 13.8. The number of rotatable bonds is 4. The number of nitrogens with zero attached hydrogens (tertiary/aromatic N) is 2. The van der Waals surface area contributed by atoms with Crippen molar-refractivity contribution < 1.29 is 9.90 Å². The van der Waals surface area contributed by atoms with Gasteiger partial charge in [-0.2, -0.15) is 5.10 Å². The number of aliphatic hydroxyl groups excluding tert-OH is 1. The molecule has 5 heteroatoms. The number of amides is 1. The van der Waals surface area contributed by atoms with Crippen molar-refractivity contribution in [2.75, 3.05) is 6.54 Å². The average Bonchev–Trinajstić information content (AvgIpc) is 3.30. The van der Waals surface area contributed by atoms with Gasteiger partial charge in [0.15, 0.2) is 0 Å². The van der Waals surface area contributed by atoms with Crippen molar-refractivity contribution in [1.82, 2.24) is 9.99 Å². The number of hydrazone groups is 1. The number of aromatic amines is 1. The molecule has 1 aromatic heterocycles. The van der Waals surface area contributed by atoms with E-state index in [1.165, 1.54) is 24.3 Å². The number of carbonyl (C=O) groups is 1. The molecule has 2 N–H and O–H groups in total. The lowest BCUT2D eigenvalue weighted by atomic mass is 9.66. The summed E-state index contributed by atoms with van der Waals surface area (Å²) in [6, 6.07) is 3.68. The van der Waals surface area contributed by atoms with Gasteiger partial charge in [-0.1, -0.05) is 6.42 Å². The molecule has 1 aliphatic heterocycles. The number of carbonyl (C=O) groups excluding carboxylic acids is 1.